The molecular formula is C19H26FNO6. The summed E-state index contributed by atoms with van der Waals surface area (Å²) in [6.07, 6.45) is -0.905. The number of carbonyl (C=O) groups is 1. The van der Waals surface area contributed by atoms with Gasteiger partial charge in [-0.15, -0.1) is 0 Å². The second-order valence-corrected chi connectivity index (χ2v) is 8.22. The fourth-order valence-electron chi connectivity index (χ4n) is 3.50. The Labute approximate surface area is 157 Å². The molecule has 27 heavy (non-hydrogen) atoms. The Kier molecular flexibility index (Phi) is 4.98. The number of nitrogens with zero attached hydrogens (tertiary/aromatic N) is 1. The summed E-state index contributed by atoms with van der Waals surface area (Å²) in [5.41, 5.74) is -1.05. The zero-order valence-electron chi connectivity index (χ0n) is 16.2. The summed E-state index contributed by atoms with van der Waals surface area (Å²) in [7, 11) is 0. The Hall–Kier alpha value is -2.06. The van der Waals surface area contributed by atoms with E-state index in [2.05, 4.69) is 0 Å². The maximum atomic E-state index is 14.2. The van der Waals surface area contributed by atoms with Gasteiger partial charge in [0.2, 0.25) is 12.5 Å². The number of hydrogen-bond donors (Lipinski definition) is 1. The van der Waals surface area contributed by atoms with Gasteiger partial charge in [-0.2, -0.15) is 0 Å². The molecule has 1 amide bonds. The molecule has 2 heterocycles. The van der Waals surface area contributed by atoms with Crippen molar-refractivity contribution in [3.05, 3.63) is 23.5 Å². The number of rotatable bonds is 3. The lowest BCUT2D eigenvalue weighted by Gasteiger charge is -2.35. The monoisotopic (exact) mass is 383 g/mol. The predicted molar refractivity (Wildman–Crippen MR) is 94.1 cm³/mol. The summed E-state index contributed by atoms with van der Waals surface area (Å²) in [6.45, 7) is 8.50. The minimum absolute atomic E-state index is 0.0292. The largest absolute Gasteiger partial charge is 0.453 e. The van der Waals surface area contributed by atoms with Gasteiger partial charge in [0.15, 0.2) is 11.6 Å². The molecule has 0 aliphatic carbocycles. The minimum Gasteiger partial charge on any atom is -0.453 e. The Morgan fingerprint density at radius 3 is 2.70 bits per heavy atom. The minimum atomic E-state index is -0.977. The van der Waals surface area contributed by atoms with Crippen molar-refractivity contribution >= 4 is 6.09 Å². The van der Waals surface area contributed by atoms with Crippen LogP contribution < -0.4 is 9.47 Å². The number of aliphatic hydroxyl groups excluding tert-OH is 1. The molecule has 1 N–H and O–H groups in total. The van der Waals surface area contributed by atoms with E-state index in [0.717, 1.165) is 0 Å². The third-order valence-electron chi connectivity index (χ3n) is 4.48. The lowest BCUT2D eigenvalue weighted by atomic mass is 10.00. The number of halogens is 1. The molecule has 0 bridgehead atoms. The van der Waals surface area contributed by atoms with E-state index < -0.39 is 35.4 Å². The zero-order chi connectivity index (χ0) is 20.0. The topological polar surface area (TPSA) is 77.5 Å². The van der Waals surface area contributed by atoms with Crippen LogP contribution in [-0.4, -0.2) is 53.0 Å². The average Bonchev–Trinajstić information content (AvgIpc) is 3.07. The van der Waals surface area contributed by atoms with Crippen molar-refractivity contribution in [1.82, 2.24) is 4.90 Å². The van der Waals surface area contributed by atoms with Gasteiger partial charge in [-0.1, -0.05) is 0 Å². The van der Waals surface area contributed by atoms with Gasteiger partial charge in [-0.05, 0) is 58.7 Å². The first kappa shape index (κ1) is 19.7. The smallest absolute Gasteiger partial charge is 0.412 e. The van der Waals surface area contributed by atoms with Crippen LogP contribution in [0, 0.1) is 5.82 Å². The Morgan fingerprint density at radius 2 is 2.07 bits per heavy atom. The molecule has 3 rings (SSSR count). The van der Waals surface area contributed by atoms with E-state index in [1.54, 1.807) is 40.7 Å². The van der Waals surface area contributed by atoms with Gasteiger partial charge in [-0.3, -0.25) is 4.90 Å². The summed E-state index contributed by atoms with van der Waals surface area (Å²) in [6, 6.07) is 2.50. The highest BCUT2D eigenvalue weighted by molar-refractivity contribution is 5.70. The van der Waals surface area contributed by atoms with Crippen LogP contribution in [0.4, 0.5) is 9.18 Å². The lowest BCUT2D eigenvalue weighted by Crippen LogP contribution is -2.51. The molecule has 2 atom stereocenters. The van der Waals surface area contributed by atoms with Crippen LogP contribution in [0.25, 0.3) is 0 Å². The number of fused-ring (bicyclic) bond motifs is 1. The van der Waals surface area contributed by atoms with Gasteiger partial charge in [0.1, 0.15) is 17.4 Å². The fraction of sp³-hybridized carbons (Fsp3) is 0.632. The van der Waals surface area contributed by atoms with Gasteiger partial charge >= 0.3 is 6.09 Å². The van der Waals surface area contributed by atoms with E-state index in [4.69, 9.17) is 18.9 Å². The van der Waals surface area contributed by atoms with E-state index in [-0.39, 0.29) is 25.6 Å². The first-order chi connectivity index (χ1) is 12.5. The Morgan fingerprint density at radius 1 is 1.37 bits per heavy atom. The molecule has 1 aromatic rings. The third kappa shape index (κ3) is 3.96. The molecule has 2 aliphatic heterocycles. The van der Waals surface area contributed by atoms with Crippen molar-refractivity contribution < 1.29 is 33.2 Å². The summed E-state index contributed by atoms with van der Waals surface area (Å²) in [5.74, 6) is -0.112. The molecule has 0 aromatic heterocycles. The molecule has 0 spiro atoms. The highest BCUT2D eigenvalue weighted by atomic mass is 19.1. The molecule has 2 aliphatic rings. The molecule has 1 fully saturated rings. The predicted octanol–water partition coefficient (Wildman–Crippen LogP) is 2.83. The van der Waals surface area contributed by atoms with Crippen molar-refractivity contribution in [2.24, 2.45) is 0 Å². The van der Waals surface area contributed by atoms with Gasteiger partial charge in [0.05, 0.1) is 12.6 Å². The fourth-order valence-corrected chi connectivity index (χ4v) is 3.50. The van der Waals surface area contributed by atoms with Gasteiger partial charge in [0.25, 0.3) is 0 Å². The molecule has 7 nitrogen and oxygen atoms in total. The van der Waals surface area contributed by atoms with Crippen molar-refractivity contribution in [2.75, 3.05) is 13.4 Å². The van der Waals surface area contributed by atoms with Crippen molar-refractivity contribution in [3.8, 4) is 11.5 Å². The van der Waals surface area contributed by atoms with E-state index in [9.17, 15) is 14.3 Å². The van der Waals surface area contributed by atoms with Crippen molar-refractivity contribution in [1.29, 1.82) is 0 Å². The summed E-state index contributed by atoms with van der Waals surface area (Å²) in [4.78, 5) is 14.3. The van der Waals surface area contributed by atoms with E-state index in [1.165, 1.54) is 11.0 Å². The molecule has 1 saturated heterocycles. The molecule has 0 radical (unpaired) electrons. The van der Waals surface area contributed by atoms with Crippen LogP contribution in [0.15, 0.2) is 12.1 Å². The number of amides is 1. The zero-order valence-corrected chi connectivity index (χ0v) is 16.2. The normalized spacial score (nSPS) is 23.6. The Balaban J connectivity index is 1.90. The van der Waals surface area contributed by atoms with Crippen LogP contribution in [-0.2, 0) is 15.9 Å². The molecule has 0 unspecified atom stereocenters. The van der Waals surface area contributed by atoms with Crippen molar-refractivity contribution in [2.45, 2.75) is 64.5 Å². The second-order valence-electron chi connectivity index (χ2n) is 8.22. The molecular weight excluding hydrogens is 357 g/mol. The number of benzene rings is 1. The van der Waals surface area contributed by atoms with Gasteiger partial charge in [0, 0.05) is 0 Å². The van der Waals surface area contributed by atoms with E-state index in [1.807, 2.05) is 0 Å². The molecule has 1 aromatic carbocycles. The average molecular weight is 383 g/mol. The first-order valence-electron chi connectivity index (χ1n) is 8.91. The SMILES string of the molecule is CC(C)(C)OC(=O)N1[C@@H](Cc2cc(F)c3c(c2)OCO3)[C@H](CO)OC1(C)C. The maximum Gasteiger partial charge on any atom is 0.412 e. The van der Waals surface area contributed by atoms with Crippen LogP contribution in [0.1, 0.15) is 40.2 Å². The van der Waals surface area contributed by atoms with E-state index in [0.29, 0.717) is 11.3 Å². The van der Waals surface area contributed by atoms with Gasteiger partial charge < -0.3 is 24.1 Å². The number of hydrogen-bond acceptors (Lipinski definition) is 6. The maximum absolute atomic E-state index is 14.2. The summed E-state index contributed by atoms with van der Waals surface area (Å²) >= 11 is 0. The third-order valence-corrected chi connectivity index (χ3v) is 4.48. The first-order valence-corrected chi connectivity index (χ1v) is 8.91. The quantitative estimate of drug-likeness (QED) is 0.865. The van der Waals surface area contributed by atoms with Crippen molar-refractivity contribution in [3.63, 3.8) is 0 Å². The van der Waals surface area contributed by atoms with Crippen LogP contribution in [0.2, 0.25) is 0 Å². The molecule has 150 valence electrons. The van der Waals surface area contributed by atoms with Crippen LogP contribution in [0.5, 0.6) is 11.5 Å². The molecule has 8 heteroatoms. The molecule has 0 saturated carbocycles. The van der Waals surface area contributed by atoms with E-state index >= 15 is 0 Å². The highest BCUT2D eigenvalue weighted by Crippen LogP contribution is 2.39. The summed E-state index contributed by atoms with van der Waals surface area (Å²) in [5, 5.41) is 9.77. The van der Waals surface area contributed by atoms with Gasteiger partial charge in [-0.25, -0.2) is 9.18 Å². The lowest BCUT2D eigenvalue weighted by molar-refractivity contribution is -0.0866. The second kappa shape index (κ2) is 6.83. The highest BCUT2D eigenvalue weighted by Gasteiger charge is 2.51. The number of aliphatic hydroxyl groups is 1. The Bertz CT molecular complexity index is 730. The number of carbonyl (C=O) groups excluding carboxylic acids is 1. The van der Waals surface area contributed by atoms with Crippen LogP contribution >= 0.6 is 0 Å². The summed E-state index contributed by atoms with van der Waals surface area (Å²) < 4.78 is 36.0. The van der Waals surface area contributed by atoms with Crippen LogP contribution in [0.3, 0.4) is 0 Å². The number of ether oxygens (including phenoxy) is 4. The standard InChI is InChI=1S/C19H26FNO6/c1-18(2,3)27-17(23)21-13(15(9-22)26-19(21,4)5)7-11-6-12(20)16-14(8-11)24-10-25-16/h6,8,13,15,22H,7,9-10H2,1-5H3/t13-,15-/m0/s1.